The van der Waals surface area contributed by atoms with Gasteiger partial charge in [0, 0.05) is 37.8 Å². The fourth-order valence-electron chi connectivity index (χ4n) is 4.71. The lowest BCUT2D eigenvalue weighted by Gasteiger charge is -2.34. The Labute approximate surface area is 200 Å². The molecule has 3 aromatic heterocycles. The molecule has 1 amide bonds. The summed E-state index contributed by atoms with van der Waals surface area (Å²) in [5.74, 6) is 1.13. The number of nitrogens with zero attached hydrogens (tertiary/aromatic N) is 5. The monoisotopic (exact) mass is 478 g/mol. The van der Waals surface area contributed by atoms with Gasteiger partial charge in [-0.15, -0.1) is 16.4 Å². The van der Waals surface area contributed by atoms with Crippen LogP contribution in [0.25, 0.3) is 16.2 Å². The smallest absolute Gasteiger partial charge is 0.264 e. The van der Waals surface area contributed by atoms with Gasteiger partial charge in [-0.05, 0) is 24.3 Å². The van der Waals surface area contributed by atoms with Crippen LogP contribution in [0, 0.1) is 0 Å². The standard InChI is InChI=1S/C24H26N6OS2/c31-22(19-11-6-16-32-19)28-12-14-29(15-13-28)24-27-30-21(25-18-9-4-5-10-18)20(26-23(30)33-24)17-7-2-1-3-8-17/h1-3,6-8,11,16,18,25H,4-5,9-10,12-15H2. The van der Waals surface area contributed by atoms with Crippen LogP contribution in [0.3, 0.4) is 0 Å². The Morgan fingerprint density at radius 2 is 1.79 bits per heavy atom. The van der Waals surface area contributed by atoms with Crippen molar-refractivity contribution in [1.82, 2.24) is 19.5 Å². The van der Waals surface area contributed by atoms with Crippen molar-refractivity contribution in [1.29, 1.82) is 0 Å². The van der Waals surface area contributed by atoms with Crippen molar-refractivity contribution in [3.05, 3.63) is 52.7 Å². The highest BCUT2D eigenvalue weighted by atomic mass is 32.1. The molecule has 1 aliphatic heterocycles. The van der Waals surface area contributed by atoms with Crippen LogP contribution in [0.4, 0.5) is 10.9 Å². The highest BCUT2D eigenvalue weighted by Crippen LogP contribution is 2.35. The van der Waals surface area contributed by atoms with E-state index in [4.69, 9.17) is 10.1 Å². The maximum absolute atomic E-state index is 12.7. The number of aromatic nitrogens is 3. The number of amides is 1. The first-order valence-corrected chi connectivity index (χ1v) is 13.2. The van der Waals surface area contributed by atoms with E-state index in [1.807, 2.05) is 33.0 Å². The highest BCUT2D eigenvalue weighted by molar-refractivity contribution is 7.20. The van der Waals surface area contributed by atoms with E-state index < -0.39 is 0 Å². The molecule has 6 rings (SSSR count). The van der Waals surface area contributed by atoms with Gasteiger partial charge in [0.2, 0.25) is 10.1 Å². The Hall–Kier alpha value is -2.91. The SMILES string of the molecule is O=C(c1cccs1)N1CCN(c2nn3c(NC4CCCC4)c(-c4ccccc4)nc3s2)CC1. The lowest BCUT2D eigenvalue weighted by Crippen LogP contribution is -2.48. The zero-order chi connectivity index (χ0) is 22.2. The summed E-state index contributed by atoms with van der Waals surface area (Å²) < 4.78 is 1.99. The van der Waals surface area contributed by atoms with Gasteiger partial charge < -0.3 is 15.1 Å². The Kier molecular flexibility index (Phi) is 5.51. The molecule has 0 spiro atoms. The van der Waals surface area contributed by atoms with Crippen LogP contribution in [0.2, 0.25) is 0 Å². The quantitative estimate of drug-likeness (QED) is 0.445. The molecule has 1 saturated carbocycles. The summed E-state index contributed by atoms with van der Waals surface area (Å²) in [4.78, 5) is 23.6. The Balaban J connectivity index is 1.25. The van der Waals surface area contributed by atoms with E-state index in [-0.39, 0.29) is 5.91 Å². The van der Waals surface area contributed by atoms with E-state index in [0.717, 1.165) is 45.1 Å². The predicted molar refractivity (Wildman–Crippen MR) is 135 cm³/mol. The average Bonchev–Trinajstić information content (AvgIpc) is 3.66. The number of hydrogen-bond donors (Lipinski definition) is 1. The van der Waals surface area contributed by atoms with E-state index >= 15 is 0 Å². The normalized spacial score (nSPS) is 17.2. The molecule has 1 saturated heterocycles. The van der Waals surface area contributed by atoms with Gasteiger partial charge in [-0.2, -0.15) is 4.52 Å². The molecule has 33 heavy (non-hydrogen) atoms. The second-order valence-corrected chi connectivity index (χ2v) is 10.5. The van der Waals surface area contributed by atoms with Gasteiger partial charge in [0.05, 0.1) is 4.88 Å². The van der Waals surface area contributed by atoms with Crippen molar-refractivity contribution in [2.24, 2.45) is 0 Å². The number of benzene rings is 1. The van der Waals surface area contributed by atoms with Gasteiger partial charge >= 0.3 is 0 Å². The maximum atomic E-state index is 12.7. The number of nitrogens with one attached hydrogen (secondary N) is 1. The van der Waals surface area contributed by atoms with Crippen molar-refractivity contribution >= 4 is 44.5 Å². The van der Waals surface area contributed by atoms with E-state index in [9.17, 15) is 4.79 Å². The molecule has 4 heterocycles. The minimum Gasteiger partial charge on any atom is -0.365 e. The third-order valence-corrected chi connectivity index (χ3v) is 8.33. The largest absolute Gasteiger partial charge is 0.365 e. The van der Waals surface area contributed by atoms with Crippen molar-refractivity contribution in [3.8, 4) is 11.3 Å². The highest BCUT2D eigenvalue weighted by Gasteiger charge is 2.27. The number of anilines is 2. The average molecular weight is 479 g/mol. The summed E-state index contributed by atoms with van der Waals surface area (Å²) in [5, 5.41) is 11.7. The van der Waals surface area contributed by atoms with Crippen molar-refractivity contribution < 1.29 is 4.79 Å². The van der Waals surface area contributed by atoms with Crippen LogP contribution >= 0.6 is 22.7 Å². The topological polar surface area (TPSA) is 65.8 Å². The number of rotatable bonds is 5. The van der Waals surface area contributed by atoms with Gasteiger partial charge in [-0.3, -0.25) is 4.79 Å². The maximum Gasteiger partial charge on any atom is 0.264 e. The Bertz CT molecular complexity index is 1230. The zero-order valence-electron chi connectivity index (χ0n) is 18.3. The van der Waals surface area contributed by atoms with Crippen LogP contribution in [0.5, 0.6) is 0 Å². The molecule has 1 aromatic carbocycles. The molecule has 0 bridgehead atoms. The molecule has 1 aliphatic carbocycles. The number of imidazole rings is 1. The van der Waals surface area contributed by atoms with Gasteiger partial charge in [-0.1, -0.05) is 60.6 Å². The molecule has 170 valence electrons. The van der Waals surface area contributed by atoms with Crippen molar-refractivity contribution in [3.63, 3.8) is 0 Å². The Morgan fingerprint density at radius 3 is 2.52 bits per heavy atom. The molecular formula is C24H26N6OS2. The van der Waals surface area contributed by atoms with E-state index in [1.54, 1.807) is 11.3 Å². The summed E-state index contributed by atoms with van der Waals surface area (Å²) in [6.07, 6.45) is 4.94. The second kappa shape index (κ2) is 8.79. The van der Waals surface area contributed by atoms with Gasteiger partial charge in [0.25, 0.3) is 5.91 Å². The third kappa shape index (κ3) is 4.00. The van der Waals surface area contributed by atoms with Crippen LogP contribution in [-0.4, -0.2) is 57.6 Å². The van der Waals surface area contributed by atoms with E-state index in [2.05, 4.69) is 34.5 Å². The predicted octanol–water partition coefficient (Wildman–Crippen LogP) is 4.84. The minimum absolute atomic E-state index is 0.133. The molecular weight excluding hydrogens is 452 g/mol. The van der Waals surface area contributed by atoms with E-state index in [1.165, 1.54) is 37.0 Å². The first-order chi connectivity index (χ1) is 16.3. The Morgan fingerprint density at radius 1 is 1.00 bits per heavy atom. The number of piperazine rings is 1. The van der Waals surface area contributed by atoms with Crippen LogP contribution in [-0.2, 0) is 0 Å². The summed E-state index contributed by atoms with van der Waals surface area (Å²) in [6, 6.07) is 14.7. The molecule has 0 radical (unpaired) electrons. The molecule has 4 aromatic rings. The van der Waals surface area contributed by atoms with Crippen LogP contribution in [0.15, 0.2) is 47.8 Å². The number of hydrogen-bond acceptors (Lipinski definition) is 7. The zero-order valence-corrected chi connectivity index (χ0v) is 19.9. The summed E-state index contributed by atoms with van der Waals surface area (Å²) in [6.45, 7) is 2.98. The number of carbonyl (C=O) groups excluding carboxylic acids is 1. The lowest BCUT2D eigenvalue weighted by atomic mass is 10.1. The van der Waals surface area contributed by atoms with Crippen LogP contribution in [0.1, 0.15) is 35.4 Å². The van der Waals surface area contributed by atoms with Crippen LogP contribution < -0.4 is 10.2 Å². The fraction of sp³-hybridized carbons (Fsp3) is 0.375. The molecule has 1 N–H and O–H groups in total. The summed E-state index contributed by atoms with van der Waals surface area (Å²) >= 11 is 3.13. The number of carbonyl (C=O) groups is 1. The van der Waals surface area contributed by atoms with E-state index in [0.29, 0.717) is 19.1 Å². The fourth-order valence-corrected chi connectivity index (χ4v) is 6.36. The minimum atomic E-state index is 0.133. The second-order valence-electron chi connectivity index (χ2n) is 8.64. The molecule has 2 aliphatic rings. The molecule has 2 fully saturated rings. The third-order valence-electron chi connectivity index (χ3n) is 6.51. The molecule has 9 heteroatoms. The molecule has 0 unspecified atom stereocenters. The molecule has 0 atom stereocenters. The van der Waals surface area contributed by atoms with Gasteiger partial charge in [0.15, 0.2) is 5.82 Å². The first-order valence-electron chi connectivity index (χ1n) is 11.6. The van der Waals surface area contributed by atoms with Crippen molar-refractivity contribution in [2.45, 2.75) is 31.7 Å². The number of fused-ring (bicyclic) bond motifs is 1. The van der Waals surface area contributed by atoms with Gasteiger partial charge in [0.1, 0.15) is 5.69 Å². The lowest BCUT2D eigenvalue weighted by molar-refractivity contribution is 0.0751. The van der Waals surface area contributed by atoms with Gasteiger partial charge in [-0.25, -0.2) is 4.98 Å². The van der Waals surface area contributed by atoms with Crippen molar-refractivity contribution in [2.75, 3.05) is 36.4 Å². The summed E-state index contributed by atoms with van der Waals surface area (Å²) in [7, 11) is 0. The molecule has 7 nitrogen and oxygen atoms in total. The summed E-state index contributed by atoms with van der Waals surface area (Å²) in [5.41, 5.74) is 2.08. The number of thiophene rings is 1. The first kappa shape index (κ1) is 20.7.